The van der Waals surface area contributed by atoms with Crippen LogP contribution in [0.4, 0.5) is 0 Å². The van der Waals surface area contributed by atoms with E-state index in [1.807, 2.05) is 4.90 Å². The largest absolute Gasteiger partial charge is 0.375 e. The normalized spacial score (nSPS) is 22.1. The molecule has 1 amide bonds. The number of nitrogens with zero attached hydrogens (tertiary/aromatic N) is 3. The lowest BCUT2D eigenvalue weighted by atomic mass is 9.91. The van der Waals surface area contributed by atoms with Crippen molar-refractivity contribution in [3.63, 3.8) is 0 Å². The molecule has 2 aromatic heterocycles. The maximum Gasteiger partial charge on any atom is 0.219 e. The number of amides is 1. The van der Waals surface area contributed by atoms with Gasteiger partial charge in [-0.05, 0) is 37.5 Å². The van der Waals surface area contributed by atoms with Gasteiger partial charge in [0.1, 0.15) is 5.65 Å². The van der Waals surface area contributed by atoms with Crippen molar-refractivity contribution < 1.29 is 9.53 Å². The summed E-state index contributed by atoms with van der Waals surface area (Å²) in [6, 6.07) is 4.29. The van der Waals surface area contributed by atoms with E-state index in [4.69, 9.17) is 9.72 Å². The minimum absolute atomic E-state index is 0.177. The zero-order chi connectivity index (χ0) is 18.1. The van der Waals surface area contributed by atoms with E-state index in [9.17, 15) is 4.79 Å². The van der Waals surface area contributed by atoms with Crippen LogP contribution in [0.2, 0.25) is 0 Å². The van der Waals surface area contributed by atoms with Crippen molar-refractivity contribution >= 4 is 11.6 Å². The minimum atomic E-state index is 0.177. The van der Waals surface area contributed by atoms with Crippen LogP contribution in [-0.4, -0.2) is 59.1 Å². The molecule has 140 valence electrons. The van der Waals surface area contributed by atoms with Crippen LogP contribution in [0.3, 0.4) is 0 Å². The molecule has 6 nitrogen and oxygen atoms in total. The van der Waals surface area contributed by atoms with Crippen molar-refractivity contribution in [2.24, 2.45) is 0 Å². The quantitative estimate of drug-likeness (QED) is 0.913. The third kappa shape index (κ3) is 3.48. The number of fused-ring (bicyclic) bond motifs is 1. The standard InChI is InChI=1S/C20H28N4O2/c1-14-3-9-24-18(12-17-13-21-6-10-26-17)20(22-19(24)11-14)16-4-7-23(8-5-16)15(2)25/h3,9,11,16-17,21H,4-8,10,12-13H2,1-2H3. The molecule has 2 fully saturated rings. The summed E-state index contributed by atoms with van der Waals surface area (Å²) in [6.07, 6.45) is 5.18. The first-order chi connectivity index (χ1) is 12.6. The van der Waals surface area contributed by atoms with Gasteiger partial charge in [0, 0.05) is 57.3 Å². The SMILES string of the molecule is CC(=O)N1CCC(c2nc3cc(C)ccn3c2CC2CNCCO2)CC1. The maximum absolute atomic E-state index is 11.6. The number of nitrogens with one attached hydrogen (secondary N) is 1. The summed E-state index contributed by atoms with van der Waals surface area (Å²) in [5.74, 6) is 0.591. The number of piperidine rings is 1. The first-order valence-corrected chi connectivity index (χ1v) is 9.67. The summed E-state index contributed by atoms with van der Waals surface area (Å²) in [6.45, 7) is 8.01. The lowest BCUT2D eigenvalue weighted by Crippen LogP contribution is -2.40. The van der Waals surface area contributed by atoms with Crippen LogP contribution in [-0.2, 0) is 16.0 Å². The summed E-state index contributed by atoms with van der Waals surface area (Å²) in [4.78, 5) is 18.6. The number of hydrogen-bond acceptors (Lipinski definition) is 4. The second-order valence-corrected chi connectivity index (χ2v) is 7.56. The zero-order valence-electron chi connectivity index (χ0n) is 15.7. The number of aryl methyl sites for hydroxylation is 1. The summed E-state index contributed by atoms with van der Waals surface area (Å²) in [7, 11) is 0. The van der Waals surface area contributed by atoms with Crippen LogP contribution in [0.5, 0.6) is 0 Å². The highest BCUT2D eigenvalue weighted by molar-refractivity contribution is 5.73. The van der Waals surface area contributed by atoms with E-state index in [0.29, 0.717) is 5.92 Å². The molecule has 2 saturated heterocycles. The number of morpholine rings is 1. The highest BCUT2D eigenvalue weighted by atomic mass is 16.5. The van der Waals surface area contributed by atoms with Gasteiger partial charge in [-0.15, -0.1) is 0 Å². The molecule has 1 atom stereocenters. The molecule has 2 aromatic rings. The number of ether oxygens (including phenoxy) is 1. The van der Waals surface area contributed by atoms with Gasteiger partial charge in [-0.2, -0.15) is 0 Å². The molecule has 1 N–H and O–H groups in total. The molecular formula is C20H28N4O2. The molecule has 2 aliphatic heterocycles. The highest BCUT2D eigenvalue weighted by Crippen LogP contribution is 2.31. The van der Waals surface area contributed by atoms with Gasteiger partial charge in [0.05, 0.1) is 18.4 Å². The number of imidazole rings is 1. The summed E-state index contributed by atoms with van der Waals surface area (Å²) < 4.78 is 8.19. The fourth-order valence-corrected chi connectivity index (χ4v) is 4.18. The molecule has 0 aromatic carbocycles. The monoisotopic (exact) mass is 356 g/mol. The summed E-state index contributed by atoms with van der Waals surface area (Å²) in [5.41, 5.74) is 4.72. The van der Waals surface area contributed by atoms with Gasteiger partial charge in [0.2, 0.25) is 5.91 Å². The number of pyridine rings is 1. The molecule has 1 unspecified atom stereocenters. The van der Waals surface area contributed by atoms with Gasteiger partial charge in [-0.1, -0.05) is 0 Å². The third-order valence-corrected chi connectivity index (χ3v) is 5.66. The van der Waals surface area contributed by atoms with E-state index in [0.717, 1.165) is 57.7 Å². The Labute approximate surface area is 154 Å². The van der Waals surface area contributed by atoms with Crippen LogP contribution in [0.1, 0.15) is 42.6 Å². The number of rotatable bonds is 3. The van der Waals surface area contributed by atoms with Gasteiger partial charge in [0.25, 0.3) is 0 Å². The lowest BCUT2D eigenvalue weighted by Gasteiger charge is -2.31. The number of hydrogen-bond donors (Lipinski definition) is 1. The van der Waals surface area contributed by atoms with Crippen LogP contribution in [0.25, 0.3) is 5.65 Å². The van der Waals surface area contributed by atoms with Crippen molar-refractivity contribution in [2.45, 2.75) is 45.1 Å². The zero-order valence-corrected chi connectivity index (χ0v) is 15.7. The lowest BCUT2D eigenvalue weighted by molar-refractivity contribution is -0.129. The topological polar surface area (TPSA) is 58.9 Å². The molecule has 6 heteroatoms. The van der Waals surface area contributed by atoms with Crippen molar-refractivity contribution in [3.8, 4) is 0 Å². The van der Waals surface area contributed by atoms with Crippen LogP contribution < -0.4 is 5.32 Å². The van der Waals surface area contributed by atoms with E-state index in [1.54, 1.807) is 6.92 Å². The van der Waals surface area contributed by atoms with Crippen molar-refractivity contribution in [2.75, 3.05) is 32.8 Å². The number of carbonyl (C=O) groups excluding carboxylic acids is 1. The molecule has 26 heavy (non-hydrogen) atoms. The predicted molar refractivity (Wildman–Crippen MR) is 100 cm³/mol. The van der Waals surface area contributed by atoms with Gasteiger partial charge >= 0.3 is 0 Å². The second-order valence-electron chi connectivity index (χ2n) is 7.56. The van der Waals surface area contributed by atoms with E-state index in [2.05, 4.69) is 35.0 Å². The molecule has 0 radical (unpaired) electrons. The van der Waals surface area contributed by atoms with E-state index >= 15 is 0 Å². The Morgan fingerprint density at radius 1 is 1.38 bits per heavy atom. The number of likely N-dealkylation sites (tertiary alicyclic amines) is 1. The average Bonchev–Trinajstić information content (AvgIpc) is 3.00. The molecular weight excluding hydrogens is 328 g/mol. The highest BCUT2D eigenvalue weighted by Gasteiger charge is 2.28. The Hall–Kier alpha value is -1.92. The van der Waals surface area contributed by atoms with Crippen LogP contribution >= 0.6 is 0 Å². The van der Waals surface area contributed by atoms with Gasteiger partial charge < -0.3 is 19.4 Å². The molecule has 0 aliphatic carbocycles. The Kier molecular flexibility index (Phi) is 4.96. The van der Waals surface area contributed by atoms with Gasteiger partial charge in [0.15, 0.2) is 0 Å². The molecule has 0 bridgehead atoms. The molecule has 4 heterocycles. The Morgan fingerprint density at radius 2 is 2.19 bits per heavy atom. The van der Waals surface area contributed by atoms with Crippen molar-refractivity contribution in [1.82, 2.24) is 19.6 Å². The summed E-state index contributed by atoms with van der Waals surface area (Å²) in [5, 5.41) is 3.42. The van der Waals surface area contributed by atoms with Crippen LogP contribution in [0, 0.1) is 6.92 Å². The first kappa shape index (κ1) is 17.5. The van der Waals surface area contributed by atoms with E-state index in [1.165, 1.54) is 17.0 Å². The smallest absolute Gasteiger partial charge is 0.219 e. The second kappa shape index (κ2) is 7.37. The Bertz CT molecular complexity index is 786. The Morgan fingerprint density at radius 3 is 2.88 bits per heavy atom. The van der Waals surface area contributed by atoms with Crippen molar-refractivity contribution in [3.05, 3.63) is 35.3 Å². The average molecular weight is 356 g/mol. The van der Waals surface area contributed by atoms with E-state index < -0.39 is 0 Å². The predicted octanol–water partition coefficient (Wildman–Crippen LogP) is 1.90. The van der Waals surface area contributed by atoms with Crippen LogP contribution in [0.15, 0.2) is 18.3 Å². The molecule has 0 saturated carbocycles. The number of aromatic nitrogens is 2. The fourth-order valence-electron chi connectivity index (χ4n) is 4.18. The van der Waals surface area contributed by atoms with E-state index in [-0.39, 0.29) is 12.0 Å². The minimum Gasteiger partial charge on any atom is -0.375 e. The van der Waals surface area contributed by atoms with Crippen molar-refractivity contribution in [1.29, 1.82) is 0 Å². The van der Waals surface area contributed by atoms with Gasteiger partial charge in [-0.3, -0.25) is 4.79 Å². The summed E-state index contributed by atoms with van der Waals surface area (Å²) >= 11 is 0. The molecule has 4 rings (SSSR count). The fraction of sp³-hybridized carbons (Fsp3) is 0.600. The van der Waals surface area contributed by atoms with Gasteiger partial charge in [-0.25, -0.2) is 4.98 Å². The maximum atomic E-state index is 11.6. The Balaban J connectivity index is 1.64. The number of carbonyl (C=O) groups is 1. The first-order valence-electron chi connectivity index (χ1n) is 9.67. The third-order valence-electron chi connectivity index (χ3n) is 5.66. The molecule has 2 aliphatic rings. The molecule has 0 spiro atoms.